The molecule has 1 unspecified atom stereocenters. The molecule has 0 bridgehead atoms. The van der Waals surface area contributed by atoms with Crippen LogP contribution in [0.2, 0.25) is 0 Å². The van der Waals surface area contributed by atoms with E-state index < -0.39 is 11.9 Å². The molecule has 4 rings (SSSR count). The minimum Gasteiger partial charge on any atom is -0.464 e. The van der Waals surface area contributed by atoms with Crippen LogP contribution in [-0.4, -0.2) is 125 Å². The Labute approximate surface area is 282 Å². The van der Waals surface area contributed by atoms with Crippen LogP contribution in [-0.2, 0) is 35.0 Å². The predicted molar refractivity (Wildman–Crippen MR) is 179 cm³/mol. The highest BCUT2D eigenvalue weighted by atomic mass is 16.5. The van der Waals surface area contributed by atoms with Gasteiger partial charge in [0.15, 0.2) is 0 Å². The normalized spacial score (nSPS) is 17.5. The number of aromatic nitrogens is 2. The number of hydrogen-bond acceptors (Lipinski definition) is 13. The van der Waals surface area contributed by atoms with Crippen LogP contribution in [0, 0.1) is 6.92 Å². The van der Waals surface area contributed by atoms with Crippen molar-refractivity contribution in [1.29, 1.82) is 0 Å². The van der Waals surface area contributed by atoms with Gasteiger partial charge in [0.25, 0.3) is 0 Å². The minimum absolute atomic E-state index is 0.235. The molecule has 1 aromatic carbocycles. The number of benzene rings is 1. The second-order valence-corrected chi connectivity index (χ2v) is 11.2. The van der Waals surface area contributed by atoms with Crippen LogP contribution >= 0.6 is 0 Å². The van der Waals surface area contributed by atoms with Crippen LogP contribution < -0.4 is 5.73 Å². The van der Waals surface area contributed by atoms with Crippen LogP contribution in [0.3, 0.4) is 0 Å². The van der Waals surface area contributed by atoms with Gasteiger partial charge in [-0.3, -0.25) is 9.80 Å². The fraction of sp³-hybridized carbons (Fsp3) is 0.486. The monoisotopic (exact) mass is 665 g/mol. The zero-order chi connectivity index (χ0) is 34.1. The van der Waals surface area contributed by atoms with Gasteiger partial charge in [0.2, 0.25) is 0 Å². The number of ether oxygens (including phenoxy) is 6. The van der Waals surface area contributed by atoms with E-state index in [9.17, 15) is 9.59 Å². The Morgan fingerprint density at radius 2 is 1.27 bits per heavy atom. The Morgan fingerprint density at radius 1 is 0.729 bits per heavy atom. The lowest BCUT2D eigenvalue weighted by Gasteiger charge is -2.32. The molecule has 2 aromatic heterocycles. The van der Waals surface area contributed by atoms with Crippen LogP contribution in [0.4, 0.5) is 5.69 Å². The molecular formula is C35H47N5O8. The number of aryl methyl sites for hydroxylation is 1. The third-order valence-corrected chi connectivity index (χ3v) is 7.93. The highest BCUT2D eigenvalue weighted by Gasteiger charge is 2.25. The summed E-state index contributed by atoms with van der Waals surface area (Å²) in [4.78, 5) is 38.0. The molecule has 13 heteroatoms. The molecule has 1 atom stereocenters. The Kier molecular flexibility index (Phi) is 15.2. The average molecular weight is 666 g/mol. The van der Waals surface area contributed by atoms with Crippen molar-refractivity contribution in [1.82, 2.24) is 19.8 Å². The van der Waals surface area contributed by atoms with E-state index in [1.165, 1.54) is 14.2 Å². The van der Waals surface area contributed by atoms with Crippen molar-refractivity contribution in [3.63, 3.8) is 0 Å². The van der Waals surface area contributed by atoms with E-state index in [-0.39, 0.29) is 17.4 Å². The Bertz CT molecular complexity index is 1420. The van der Waals surface area contributed by atoms with E-state index in [4.69, 9.17) is 34.2 Å². The van der Waals surface area contributed by atoms with Gasteiger partial charge in [0, 0.05) is 38.4 Å². The van der Waals surface area contributed by atoms with Gasteiger partial charge in [-0.05, 0) is 48.4 Å². The summed E-state index contributed by atoms with van der Waals surface area (Å²) in [5.41, 5.74) is 10.6. The molecule has 48 heavy (non-hydrogen) atoms. The quantitative estimate of drug-likeness (QED) is 0.292. The molecule has 0 radical (unpaired) electrons. The van der Waals surface area contributed by atoms with Crippen molar-refractivity contribution in [3.8, 4) is 0 Å². The van der Waals surface area contributed by atoms with E-state index >= 15 is 0 Å². The first kappa shape index (κ1) is 36.8. The highest BCUT2D eigenvalue weighted by Crippen LogP contribution is 2.28. The number of anilines is 1. The molecule has 2 N–H and O–H groups in total. The fourth-order valence-electron chi connectivity index (χ4n) is 5.26. The summed E-state index contributed by atoms with van der Waals surface area (Å²) >= 11 is 0. The minimum atomic E-state index is -0.498. The van der Waals surface area contributed by atoms with E-state index in [2.05, 4.69) is 19.8 Å². The third-order valence-electron chi connectivity index (χ3n) is 7.93. The van der Waals surface area contributed by atoms with E-state index in [1.54, 1.807) is 18.2 Å². The van der Waals surface area contributed by atoms with Crippen molar-refractivity contribution < 1.29 is 38.0 Å². The number of rotatable bonds is 7. The molecule has 0 spiro atoms. The SMILES string of the molecule is COC(=O)c1cccc(C(c2ccc(N)cc2)N2CCOCCOCCN(Cc3nc(C(=O)OC)ccc3C)CCOCCOCC2)n1. The number of nitrogens with two attached hydrogens (primary N) is 1. The second kappa shape index (κ2) is 19.7. The van der Waals surface area contributed by atoms with Crippen molar-refractivity contribution >= 4 is 17.6 Å². The second-order valence-electron chi connectivity index (χ2n) is 11.2. The predicted octanol–water partition coefficient (Wildman–Crippen LogP) is 2.91. The summed E-state index contributed by atoms with van der Waals surface area (Å²) in [5.74, 6) is -0.960. The smallest absolute Gasteiger partial charge is 0.356 e. The van der Waals surface area contributed by atoms with Gasteiger partial charge >= 0.3 is 11.9 Å². The number of hydrogen-bond donors (Lipinski definition) is 1. The molecule has 13 nitrogen and oxygen atoms in total. The molecule has 0 aliphatic carbocycles. The van der Waals surface area contributed by atoms with Crippen molar-refractivity contribution in [3.05, 3.63) is 88.5 Å². The van der Waals surface area contributed by atoms with Gasteiger partial charge in [-0.2, -0.15) is 0 Å². The van der Waals surface area contributed by atoms with Crippen molar-refractivity contribution in [2.75, 3.05) is 99.0 Å². The zero-order valence-corrected chi connectivity index (χ0v) is 28.1. The molecule has 1 fully saturated rings. The summed E-state index contributed by atoms with van der Waals surface area (Å²) in [7, 11) is 2.69. The zero-order valence-electron chi connectivity index (χ0n) is 28.1. The van der Waals surface area contributed by atoms with Crippen LogP contribution in [0.15, 0.2) is 54.6 Å². The molecule has 3 heterocycles. The lowest BCUT2D eigenvalue weighted by molar-refractivity contribution is 0.00329. The molecule has 3 aromatic rings. The summed E-state index contributed by atoms with van der Waals surface area (Å²) in [6, 6.07) is 16.3. The first-order valence-corrected chi connectivity index (χ1v) is 16.1. The van der Waals surface area contributed by atoms with Gasteiger partial charge < -0.3 is 34.2 Å². The molecule has 0 saturated carbocycles. The molecule has 1 aliphatic rings. The van der Waals surface area contributed by atoms with Crippen LogP contribution in [0.25, 0.3) is 0 Å². The average Bonchev–Trinajstić information content (AvgIpc) is 3.10. The molecule has 260 valence electrons. The van der Waals surface area contributed by atoms with Gasteiger partial charge in [-0.25, -0.2) is 19.6 Å². The number of carbonyl (C=O) groups is 2. The Balaban J connectivity index is 1.41. The van der Waals surface area contributed by atoms with E-state index in [0.717, 1.165) is 16.8 Å². The Morgan fingerprint density at radius 3 is 1.83 bits per heavy atom. The number of methoxy groups -OCH3 is 2. The van der Waals surface area contributed by atoms with Crippen LogP contribution in [0.5, 0.6) is 0 Å². The van der Waals surface area contributed by atoms with Crippen molar-refractivity contribution in [2.45, 2.75) is 19.5 Å². The van der Waals surface area contributed by atoms with Gasteiger partial charge in [-0.1, -0.05) is 24.3 Å². The van der Waals surface area contributed by atoms with E-state index in [0.29, 0.717) is 97.0 Å². The number of pyridine rings is 2. The topological polar surface area (TPSA) is 148 Å². The highest BCUT2D eigenvalue weighted by molar-refractivity contribution is 5.87. The van der Waals surface area contributed by atoms with E-state index in [1.807, 2.05) is 43.3 Å². The maximum Gasteiger partial charge on any atom is 0.356 e. The van der Waals surface area contributed by atoms with Crippen LogP contribution in [0.1, 0.15) is 49.5 Å². The number of carbonyl (C=O) groups excluding carboxylic acids is 2. The summed E-state index contributed by atoms with van der Waals surface area (Å²) in [6.45, 7) is 8.58. The van der Waals surface area contributed by atoms with Gasteiger partial charge in [0.05, 0.1) is 84.5 Å². The first-order chi connectivity index (χ1) is 23.4. The summed E-state index contributed by atoms with van der Waals surface area (Å²) < 4.78 is 33.6. The molecule has 1 aliphatic heterocycles. The fourth-order valence-corrected chi connectivity index (χ4v) is 5.26. The third kappa shape index (κ3) is 11.3. The lowest BCUT2D eigenvalue weighted by atomic mass is 10.0. The maximum atomic E-state index is 12.3. The molecular weight excluding hydrogens is 618 g/mol. The first-order valence-electron chi connectivity index (χ1n) is 16.1. The summed E-state index contributed by atoms with van der Waals surface area (Å²) in [6.07, 6.45) is 0. The van der Waals surface area contributed by atoms with Crippen molar-refractivity contribution in [2.24, 2.45) is 0 Å². The summed E-state index contributed by atoms with van der Waals surface area (Å²) in [5, 5.41) is 0. The number of esters is 2. The number of nitrogen functional groups attached to an aromatic ring is 1. The molecule has 1 saturated heterocycles. The molecule has 0 amide bonds. The standard InChI is InChI=1S/C35H47N5O8/c1-26-7-12-31(35(42)44-3)38-32(26)25-39-13-17-45-21-23-47-19-15-40(16-20-48-24-22-46-18-14-39)33(27-8-10-28(36)11-9-27)29-5-4-6-30(37-29)34(41)43-2/h4-12,33H,13-25,36H2,1-3H3. The van der Waals surface area contributed by atoms with Gasteiger partial charge in [0.1, 0.15) is 11.4 Å². The number of nitrogens with zero attached hydrogens (tertiary/aromatic N) is 4. The Hall–Kier alpha value is -3.98. The maximum absolute atomic E-state index is 12.3. The lowest BCUT2D eigenvalue weighted by Crippen LogP contribution is -2.36. The van der Waals surface area contributed by atoms with Gasteiger partial charge in [-0.15, -0.1) is 0 Å². The largest absolute Gasteiger partial charge is 0.464 e.